The molecule has 1 amide bonds. The molecule has 23 heavy (non-hydrogen) atoms. The Balaban J connectivity index is 1.83. The van der Waals surface area contributed by atoms with Crippen LogP contribution in [0.2, 0.25) is 0 Å². The van der Waals surface area contributed by atoms with E-state index in [0.717, 1.165) is 4.88 Å². The molecule has 122 valence electrons. The average Bonchev–Trinajstić information content (AvgIpc) is 3.00. The Labute approximate surface area is 140 Å². The summed E-state index contributed by atoms with van der Waals surface area (Å²) < 4.78 is 26.3. The number of nitrogens with one attached hydrogen (secondary N) is 2. The minimum Gasteiger partial charge on any atom is -0.351 e. The molecule has 0 aliphatic heterocycles. The number of rotatable bonds is 7. The summed E-state index contributed by atoms with van der Waals surface area (Å²) in [6.07, 6.45) is 1.77. The third-order valence-electron chi connectivity index (χ3n) is 2.96. The van der Waals surface area contributed by atoms with Crippen molar-refractivity contribution < 1.29 is 13.2 Å². The van der Waals surface area contributed by atoms with E-state index in [4.69, 9.17) is 0 Å². The van der Waals surface area contributed by atoms with Crippen molar-refractivity contribution >= 4 is 39.0 Å². The van der Waals surface area contributed by atoms with Gasteiger partial charge < -0.3 is 5.32 Å². The van der Waals surface area contributed by atoms with E-state index in [2.05, 4.69) is 10.0 Å². The standard InChI is InChI=1S/C16H18N2O3S2/c1-13(12-15-8-5-10-22-15)16(19)17-9-11-23(20,21)18-14-6-3-2-4-7-14/h2-8,10,12,18H,9,11H2,1H3,(H,17,19)/b13-12+. The highest BCUT2D eigenvalue weighted by Crippen LogP contribution is 2.13. The number of anilines is 1. The Morgan fingerprint density at radius 2 is 1.91 bits per heavy atom. The van der Waals surface area contributed by atoms with Crippen molar-refractivity contribution in [2.24, 2.45) is 0 Å². The third-order valence-corrected chi connectivity index (χ3v) is 5.07. The Bertz CT molecular complexity index is 767. The van der Waals surface area contributed by atoms with Crippen LogP contribution in [0.4, 0.5) is 5.69 Å². The van der Waals surface area contributed by atoms with E-state index in [1.165, 1.54) is 11.3 Å². The predicted molar refractivity (Wildman–Crippen MR) is 94.8 cm³/mol. The molecule has 0 bridgehead atoms. The van der Waals surface area contributed by atoms with Gasteiger partial charge >= 0.3 is 0 Å². The Morgan fingerprint density at radius 1 is 1.17 bits per heavy atom. The highest BCUT2D eigenvalue weighted by molar-refractivity contribution is 7.92. The summed E-state index contributed by atoms with van der Waals surface area (Å²) in [4.78, 5) is 12.9. The molecule has 1 aromatic heterocycles. The number of carbonyl (C=O) groups is 1. The molecule has 0 saturated carbocycles. The van der Waals surface area contributed by atoms with Crippen LogP contribution >= 0.6 is 11.3 Å². The number of amides is 1. The molecule has 2 rings (SSSR count). The molecule has 5 nitrogen and oxygen atoms in total. The Morgan fingerprint density at radius 3 is 2.57 bits per heavy atom. The molecule has 2 N–H and O–H groups in total. The van der Waals surface area contributed by atoms with E-state index in [9.17, 15) is 13.2 Å². The van der Waals surface area contributed by atoms with Gasteiger partial charge in [-0.15, -0.1) is 11.3 Å². The normalized spacial score (nSPS) is 12.0. The first-order valence-electron chi connectivity index (χ1n) is 7.02. The highest BCUT2D eigenvalue weighted by atomic mass is 32.2. The summed E-state index contributed by atoms with van der Waals surface area (Å²) in [5.74, 6) is -0.451. The van der Waals surface area contributed by atoms with Crippen molar-refractivity contribution in [2.75, 3.05) is 17.0 Å². The number of para-hydroxylation sites is 1. The highest BCUT2D eigenvalue weighted by Gasteiger charge is 2.11. The molecule has 2 aromatic rings. The first-order chi connectivity index (χ1) is 11.0. The van der Waals surface area contributed by atoms with Crippen molar-refractivity contribution in [3.05, 3.63) is 58.3 Å². The number of thiophene rings is 1. The van der Waals surface area contributed by atoms with E-state index in [1.807, 2.05) is 17.5 Å². The maximum Gasteiger partial charge on any atom is 0.246 e. The number of hydrogen-bond donors (Lipinski definition) is 2. The summed E-state index contributed by atoms with van der Waals surface area (Å²) in [5, 5.41) is 4.54. The summed E-state index contributed by atoms with van der Waals surface area (Å²) in [7, 11) is -3.49. The molecule has 0 fully saturated rings. The lowest BCUT2D eigenvalue weighted by molar-refractivity contribution is -0.117. The topological polar surface area (TPSA) is 75.3 Å². The smallest absolute Gasteiger partial charge is 0.246 e. The molecular weight excluding hydrogens is 332 g/mol. The van der Waals surface area contributed by atoms with Crippen LogP contribution in [0, 0.1) is 0 Å². The fourth-order valence-corrected chi connectivity index (χ4v) is 3.51. The van der Waals surface area contributed by atoms with Gasteiger partial charge in [0.2, 0.25) is 15.9 Å². The largest absolute Gasteiger partial charge is 0.351 e. The van der Waals surface area contributed by atoms with Gasteiger partial charge in [0.05, 0.1) is 5.75 Å². The van der Waals surface area contributed by atoms with Crippen LogP contribution < -0.4 is 10.0 Å². The lowest BCUT2D eigenvalue weighted by Crippen LogP contribution is -2.31. The van der Waals surface area contributed by atoms with E-state index in [-0.39, 0.29) is 18.2 Å². The zero-order valence-electron chi connectivity index (χ0n) is 12.7. The first kappa shape index (κ1) is 17.2. The molecule has 0 spiro atoms. The number of hydrogen-bond acceptors (Lipinski definition) is 4. The number of carbonyl (C=O) groups excluding carboxylic acids is 1. The molecule has 0 unspecified atom stereocenters. The van der Waals surface area contributed by atoms with Crippen LogP contribution in [0.25, 0.3) is 6.08 Å². The van der Waals surface area contributed by atoms with E-state index in [1.54, 1.807) is 43.3 Å². The van der Waals surface area contributed by atoms with Crippen molar-refractivity contribution in [1.82, 2.24) is 5.32 Å². The van der Waals surface area contributed by atoms with Gasteiger partial charge in [-0.3, -0.25) is 9.52 Å². The lowest BCUT2D eigenvalue weighted by atomic mass is 10.2. The summed E-state index contributed by atoms with van der Waals surface area (Å²) in [6.45, 7) is 1.75. The molecule has 0 atom stereocenters. The Kier molecular flexibility index (Phi) is 5.95. The van der Waals surface area contributed by atoms with Crippen molar-refractivity contribution in [2.45, 2.75) is 6.92 Å². The second-order valence-electron chi connectivity index (χ2n) is 4.89. The summed E-state index contributed by atoms with van der Waals surface area (Å²) in [6, 6.07) is 12.5. The average molecular weight is 350 g/mol. The maximum absolute atomic E-state index is 11.9. The van der Waals surface area contributed by atoms with Crippen molar-refractivity contribution in [1.29, 1.82) is 0 Å². The molecule has 7 heteroatoms. The van der Waals surface area contributed by atoms with Crippen LogP contribution in [0.5, 0.6) is 0 Å². The maximum atomic E-state index is 11.9. The van der Waals surface area contributed by atoms with E-state index >= 15 is 0 Å². The molecule has 1 heterocycles. The van der Waals surface area contributed by atoms with Gasteiger partial charge in [-0.1, -0.05) is 24.3 Å². The lowest BCUT2D eigenvalue weighted by Gasteiger charge is -2.09. The minimum absolute atomic E-state index is 0.0522. The zero-order valence-corrected chi connectivity index (χ0v) is 14.3. The molecule has 0 radical (unpaired) electrons. The first-order valence-corrected chi connectivity index (χ1v) is 9.55. The van der Waals surface area contributed by atoms with Gasteiger partial charge in [-0.05, 0) is 36.6 Å². The van der Waals surface area contributed by atoms with Crippen LogP contribution in [-0.2, 0) is 14.8 Å². The minimum atomic E-state index is -3.49. The molecule has 0 saturated heterocycles. The monoisotopic (exact) mass is 350 g/mol. The molecule has 0 aliphatic carbocycles. The van der Waals surface area contributed by atoms with Gasteiger partial charge in [-0.25, -0.2) is 8.42 Å². The third kappa shape index (κ3) is 5.88. The van der Waals surface area contributed by atoms with Gasteiger partial charge in [-0.2, -0.15) is 0 Å². The molecule has 1 aromatic carbocycles. The van der Waals surface area contributed by atoms with Crippen LogP contribution in [-0.4, -0.2) is 26.6 Å². The van der Waals surface area contributed by atoms with Gasteiger partial charge in [0, 0.05) is 22.7 Å². The predicted octanol–water partition coefficient (Wildman–Crippen LogP) is 2.71. The molecular formula is C16H18N2O3S2. The van der Waals surface area contributed by atoms with Crippen LogP contribution in [0.15, 0.2) is 53.4 Å². The van der Waals surface area contributed by atoms with Crippen LogP contribution in [0.1, 0.15) is 11.8 Å². The fourth-order valence-electron chi connectivity index (χ4n) is 1.83. The zero-order chi connectivity index (χ0) is 16.7. The number of benzene rings is 1. The van der Waals surface area contributed by atoms with Crippen LogP contribution in [0.3, 0.4) is 0 Å². The fraction of sp³-hybridized carbons (Fsp3) is 0.188. The summed E-state index contributed by atoms with van der Waals surface area (Å²) >= 11 is 1.54. The number of sulfonamides is 1. The van der Waals surface area contributed by atoms with Gasteiger partial charge in [0.1, 0.15) is 0 Å². The van der Waals surface area contributed by atoms with Gasteiger partial charge in [0.15, 0.2) is 0 Å². The molecule has 0 aliphatic rings. The van der Waals surface area contributed by atoms with E-state index in [0.29, 0.717) is 11.3 Å². The second-order valence-corrected chi connectivity index (χ2v) is 7.71. The van der Waals surface area contributed by atoms with Gasteiger partial charge in [0.25, 0.3) is 0 Å². The van der Waals surface area contributed by atoms with Crippen molar-refractivity contribution in [3.63, 3.8) is 0 Å². The second kappa shape index (κ2) is 7.94. The quantitative estimate of drug-likeness (QED) is 0.754. The van der Waals surface area contributed by atoms with E-state index < -0.39 is 10.0 Å². The van der Waals surface area contributed by atoms with Crippen molar-refractivity contribution in [3.8, 4) is 0 Å². The Hall–Kier alpha value is -2.12. The SMILES string of the molecule is C/C(=C\c1cccs1)C(=O)NCCS(=O)(=O)Nc1ccccc1. The summed E-state index contributed by atoms with van der Waals surface area (Å²) in [5.41, 5.74) is 1.05.